The Balaban J connectivity index is 1.57. The number of benzene rings is 3. The number of para-hydroxylation sites is 3. The molecule has 2 heterocycles. The third-order valence-electron chi connectivity index (χ3n) is 6.06. The molecule has 0 saturated carbocycles. The Morgan fingerprint density at radius 3 is 2.49 bits per heavy atom. The van der Waals surface area contributed by atoms with E-state index in [-0.39, 0.29) is 35.3 Å². The van der Waals surface area contributed by atoms with Crippen molar-refractivity contribution in [2.75, 3.05) is 7.11 Å². The van der Waals surface area contributed by atoms with E-state index in [1.165, 1.54) is 0 Å². The van der Waals surface area contributed by atoms with Gasteiger partial charge in [-0.3, -0.25) is 9.59 Å². The quantitative estimate of drug-likeness (QED) is 0.333. The maximum atomic E-state index is 14.0. The molecule has 0 aliphatic rings. The predicted octanol–water partition coefficient (Wildman–Crippen LogP) is 4.92. The predicted molar refractivity (Wildman–Crippen MR) is 142 cm³/mol. The first-order chi connectivity index (χ1) is 18.0. The minimum absolute atomic E-state index is 0.0449. The monoisotopic (exact) mass is 513 g/mol. The third kappa shape index (κ3) is 4.83. The standard InChI is InChI=1S/C28H24ClN5O3/c1-18-25(26(29)34(32-18)20-11-4-3-5-12-20)28(36)33(16-19-10-6-9-15-23(19)37-2)17-24-30-22-14-8-7-13-21(22)27(35)31-24/h3-15H,16-17H2,1-2H3,(H,30,31,35). The Hall–Kier alpha value is -4.43. The molecule has 0 radical (unpaired) electrons. The topological polar surface area (TPSA) is 93.1 Å². The lowest BCUT2D eigenvalue weighted by molar-refractivity contribution is 0.0723. The van der Waals surface area contributed by atoms with Gasteiger partial charge in [-0.25, -0.2) is 9.67 Å². The van der Waals surface area contributed by atoms with Crippen LogP contribution in [0.15, 0.2) is 83.7 Å². The van der Waals surface area contributed by atoms with Gasteiger partial charge >= 0.3 is 0 Å². The van der Waals surface area contributed by atoms with E-state index in [1.54, 1.807) is 41.8 Å². The zero-order chi connectivity index (χ0) is 25.9. The van der Waals surface area contributed by atoms with Gasteiger partial charge in [0.2, 0.25) is 0 Å². The number of carbonyl (C=O) groups excluding carboxylic acids is 1. The normalized spacial score (nSPS) is 11.0. The van der Waals surface area contributed by atoms with Gasteiger partial charge in [-0.15, -0.1) is 0 Å². The molecule has 0 aliphatic heterocycles. The van der Waals surface area contributed by atoms with Crippen molar-refractivity contribution < 1.29 is 9.53 Å². The fraction of sp³-hybridized carbons (Fsp3) is 0.143. The van der Waals surface area contributed by atoms with E-state index < -0.39 is 0 Å². The van der Waals surface area contributed by atoms with Crippen molar-refractivity contribution in [2.24, 2.45) is 0 Å². The summed E-state index contributed by atoms with van der Waals surface area (Å²) in [7, 11) is 1.58. The van der Waals surface area contributed by atoms with E-state index in [9.17, 15) is 9.59 Å². The third-order valence-corrected chi connectivity index (χ3v) is 6.41. The highest BCUT2D eigenvalue weighted by atomic mass is 35.5. The number of amides is 1. The molecule has 0 saturated heterocycles. The number of rotatable bonds is 7. The van der Waals surface area contributed by atoms with Crippen LogP contribution in [0.5, 0.6) is 5.75 Å². The van der Waals surface area contributed by atoms with Crippen molar-refractivity contribution in [2.45, 2.75) is 20.0 Å². The second kappa shape index (κ2) is 10.3. The lowest BCUT2D eigenvalue weighted by Gasteiger charge is -2.23. The number of H-pyrrole nitrogens is 1. The number of nitrogens with zero attached hydrogens (tertiary/aromatic N) is 4. The number of aryl methyl sites for hydroxylation is 1. The zero-order valence-corrected chi connectivity index (χ0v) is 21.1. The number of halogens is 1. The first-order valence-corrected chi connectivity index (χ1v) is 12.0. The Kier molecular flexibility index (Phi) is 6.74. The average Bonchev–Trinajstić information content (AvgIpc) is 3.22. The smallest absolute Gasteiger partial charge is 0.259 e. The van der Waals surface area contributed by atoms with Crippen LogP contribution in [0, 0.1) is 6.92 Å². The second-order valence-electron chi connectivity index (χ2n) is 8.50. The van der Waals surface area contributed by atoms with Gasteiger partial charge in [0.1, 0.15) is 16.7 Å². The Morgan fingerprint density at radius 1 is 1.00 bits per heavy atom. The zero-order valence-electron chi connectivity index (χ0n) is 20.3. The molecule has 3 aromatic carbocycles. The van der Waals surface area contributed by atoms with Crippen LogP contribution in [-0.2, 0) is 13.1 Å². The minimum Gasteiger partial charge on any atom is -0.496 e. The number of nitrogens with one attached hydrogen (secondary N) is 1. The van der Waals surface area contributed by atoms with Gasteiger partial charge in [0, 0.05) is 5.56 Å². The number of fused-ring (bicyclic) bond motifs is 1. The lowest BCUT2D eigenvalue weighted by Crippen LogP contribution is -2.32. The second-order valence-corrected chi connectivity index (χ2v) is 8.86. The number of hydrogen-bond donors (Lipinski definition) is 1. The largest absolute Gasteiger partial charge is 0.496 e. The van der Waals surface area contributed by atoms with Gasteiger partial charge in [-0.1, -0.05) is 60.1 Å². The highest BCUT2D eigenvalue weighted by molar-refractivity contribution is 6.33. The van der Waals surface area contributed by atoms with Crippen LogP contribution in [0.1, 0.15) is 27.4 Å². The molecule has 0 bridgehead atoms. The summed E-state index contributed by atoms with van der Waals surface area (Å²) >= 11 is 6.73. The fourth-order valence-corrected chi connectivity index (χ4v) is 4.62. The molecule has 0 unspecified atom stereocenters. The summed E-state index contributed by atoms with van der Waals surface area (Å²) in [5, 5.41) is 5.22. The van der Waals surface area contributed by atoms with Crippen LogP contribution in [0.4, 0.5) is 0 Å². The molecule has 1 N–H and O–H groups in total. The number of methoxy groups -OCH3 is 1. The van der Waals surface area contributed by atoms with E-state index in [2.05, 4.69) is 15.1 Å². The highest BCUT2D eigenvalue weighted by Crippen LogP contribution is 2.27. The van der Waals surface area contributed by atoms with E-state index in [0.717, 1.165) is 11.3 Å². The van der Waals surface area contributed by atoms with E-state index >= 15 is 0 Å². The van der Waals surface area contributed by atoms with Crippen molar-refractivity contribution in [1.82, 2.24) is 24.6 Å². The molecule has 9 heteroatoms. The Labute approximate surface area is 218 Å². The molecular formula is C28H24ClN5O3. The van der Waals surface area contributed by atoms with Crippen LogP contribution < -0.4 is 10.3 Å². The minimum atomic E-state index is -0.341. The number of aromatic amines is 1. The summed E-state index contributed by atoms with van der Waals surface area (Å²) in [6.45, 7) is 1.99. The molecule has 2 aromatic heterocycles. The number of ether oxygens (including phenoxy) is 1. The SMILES string of the molecule is COc1ccccc1CN(Cc1nc2ccccc2c(=O)[nH]1)C(=O)c1c(C)nn(-c2ccccc2)c1Cl. The maximum absolute atomic E-state index is 14.0. The van der Waals surface area contributed by atoms with Crippen LogP contribution in [0.2, 0.25) is 5.15 Å². The Bertz CT molecular complexity index is 1650. The van der Waals surface area contributed by atoms with Crippen LogP contribution in [-0.4, -0.2) is 37.7 Å². The lowest BCUT2D eigenvalue weighted by atomic mass is 10.1. The summed E-state index contributed by atoms with van der Waals surface area (Å²) in [4.78, 5) is 35.7. The highest BCUT2D eigenvalue weighted by Gasteiger charge is 2.27. The van der Waals surface area contributed by atoms with E-state index in [1.807, 2.05) is 60.7 Å². The molecule has 0 spiro atoms. The number of aromatic nitrogens is 4. The molecular weight excluding hydrogens is 490 g/mol. The van der Waals surface area contributed by atoms with Gasteiger partial charge in [0.25, 0.3) is 11.5 Å². The van der Waals surface area contributed by atoms with Crippen molar-refractivity contribution in [3.05, 3.63) is 117 Å². The van der Waals surface area contributed by atoms with Crippen molar-refractivity contribution in [3.8, 4) is 11.4 Å². The maximum Gasteiger partial charge on any atom is 0.259 e. The van der Waals surface area contributed by atoms with Crippen molar-refractivity contribution in [3.63, 3.8) is 0 Å². The summed E-state index contributed by atoms with van der Waals surface area (Å²) in [5.41, 5.74) is 2.60. The van der Waals surface area contributed by atoms with Gasteiger partial charge in [0.15, 0.2) is 0 Å². The van der Waals surface area contributed by atoms with Crippen molar-refractivity contribution in [1.29, 1.82) is 0 Å². The molecule has 0 fully saturated rings. The first-order valence-electron chi connectivity index (χ1n) is 11.7. The number of carbonyl (C=O) groups is 1. The molecule has 186 valence electrons. The van der Waals surface area contributed by atoms with Gasteiger partial charge in [-0.2, -0.15) is 5.10 Å². The van der Waals surface area contributed by atoms with Crippen molar-refractivity contribution >= 4 is 28.4 Å². The fourth-order valence-electron chi connectivity index (χ4n) is 4.27. The number of hydrogen-bond acceptors (Lipinski definition) is 5. The van der Waals surface area contributed by atoms with Crippen LogP contribution in [0.3, 0.4) is 0 Å². The Morgan fingerprint density at radius 2 is 1.70 bits per heavy atom. The summed E-state index contributed by atoms with van der Waals surface area (Å²) in [6.07, 6.45) is 0. The van der Waals surface area contributed by atoms with Crippen LogP contribution >= 0.6 is 11.6 Å². The molecule has 8 nitrogen and oxygen atoms in total. The molecule has 0 atom stereocenters. The average molecular weight is 514 g/mol. The molecule has 0 aliphatic carbocycles. The van der Waals surface area contributed by atoms with E-state index in [4.69, 9.17) is 16.3 Å². The van der Waals surface area contributed by atoms with Crippen LogP contribution in [0.25, 0.3) is 16.6 Å². The summed E-state index contributed by atoms with van der Waals surface area (Å²) in [6, 6.07) is 23.9. The van der Waals surface area contributed by atoms with Gasteiger partial charge in [0.05, 0.1) is 48.0 Å². The first kappa shape index (κ1) is 24.3. The summed E-state index contributed by atoms with van der Waals surface area (Å²) < 4.78 is 7.06. The van der Waals surface area contributed by atoms with Gasteiger partial charge < -0.3 is 14.6 Å². The molecule has 37 heavy (non-hydrogen) atoms. The summed E-state index contributed by atoms with van der Waals surface area (Å²) in [5.74, 6) is 0.658. The molecule has 5 rings (SSSR count). The molecule has 1 amide bonds. The molecule has 5 aromatic rings. The van der Waals surface area contributed by atoms with Gasteiger partial charge in [-0.05, 0) is 37.3 Å². The van der Waals surface area contributed by atoms with E-state index in [0.29, 0.717) is 28.2 Å².